The zero-order valence-corrected chi connectivity index (χ0v) is 45.4. The van der Waals surface area contributed by atoms with Crippen LogP contribution in [0.2, 0.25) is 0 Å². The molecule has 0 atom stereocenters. The molecule has 3 nitrogen and oxygen atoms in total. The van der Waals surface area contributed by atoms with Crippen molar-refractivity contribution in [2.45, 2.75) is 162 Å². The molecule has 7 aromatic carbocycles. The Balaban J connectivity index is 1.14. The standard InChI is InChI=1S/C67H75BN2O/c1-62(2,3)42-18-25-47(26-19-42)69(48-27-20-43(21-28-48)63(4,5)6)50-31-32-51-52-40-53-55(41-60(52)71-59(51)39-50)68-56-37-45(65(10,11)12)24-33-57(56)70(49-29-22-44(23-30-49)64(7,8)9)58-38-46(66(13,14)15)36-54(61(58)68)67(53)34-16-17-35-67/h18-33,36-41H,16-17,34-35H2,1-15H3. The van der Waals surface area contributed by atoms with Gasteiger partial charge in [-0.05, 0) is 163 Å². The number of anilines is 6. The summed E-state index contributed by atoms with van der Waals surface area (Å²) in [5, 5.41) is 2.38. The minimum atomic E-state index is -0.106. The Morgan fingerprint density at radius 1 is 0.423 bits per heavy atom. The average Bonchev–Trinajstić information content (AvgIpc) is 3.94. The SMILES string of the molecule is CC(C)(C)c1ccc(N(c2ccc(C(C)(C)C)cc2)c2ccc3c(c2)oc2cc4c(cc23)C2(CCCC2)c2cc(C(C)(C)C)cc3c2B4c2cc(C(C)(C)C)ccc2N3c2ccc(C(C)(C)C)cc2)cc1. The largest absolute Gasteiger partial charge is 0.456 e. The van der Waals surface area contributed by atoms with Crippen molar-refractivity contribution in [2.75, 3.05) is 9.80 Å². The average molecular weight is 935 g/mol. The Kier molecular flexibility index (Phi) is 10.7. The molecular weight excluding hydrogens is 860 g/mol. The Morgan fingerprint density at radius 3 is 1.45 bits per heavy atom. The maximum absolute atomic E-state index is 7.21. The van der Waals surface area contributed by atoms with Crippen molar-refractivity contribution in [1.29, 1.82) is 0 Å². The van der Waals surface area contributed by atoms with Gasteiger partial charge in [-0.25, -0.2) is 0 Å². The molecule has 2 aliphatic heterocycles. The molecule has 1 fully saturated rings. The van der Waals surface area contributed by atoms with Gasteiger partial charge in [0, 0.05) is 56.4 Å². The zero-order valence-electron chi connectivity index (χ0n) is 45.4. The van der Waals surface area contributed by atoms with Gasteiger partial charge in [0.1, 0.15) is 11.2 Å². The Hall–Kier alpha value is -6.00. The Morgan fingerprint density at radius 2 is 0.915 bits per heavy atom. The quantitative estimate of drug-likeness (QED) is 0.164. The van der Waals surface area contributed by atoms with Crippen LogP contribution >= 0.6 is 0 Å². The first-order valence-electron chi connectivity index (χ1n) is 26.6. The van der Waals surface area contributed by atoms with Crippen LogP contribution < -0.4 is 26.2 Å². The maximum Gasteiger partial charge on any atom is 0.247 e. The van der Waals surface area contributed by atoms with Gasteiger partial charge in [0.15, 0.2) is 0 Å². The number of hydrogen-bond acceptors (Lipinski definition) is 3. The molecule has 1 aromatic heterocycles. The molecule has 1 spiro atoms. The fourth-order valence-electron chi connectivity index (χ4n) is 12.4. The van der Waals surface area contributed by atoms with E-state index in [4.69, 9.17) is 4.42 Å². The topological polar surface area (TPSA) is 19.6 Å². The Bertz CT molecular complexity index is 3310. The molecule has 3 heterocycles. The predicted octanol–water partition coefficient (Wildman–Crippen LogP) is 17.0. The van der Waals surface area contributed by atoms with Crippen LogP contribution in [-0.2, 0) is 32.5 Å². The smallest absolute Gasteiger partial charge is 0.247 e. The number of hydrogen-bond donors (Lipinski definition) is 0. The minimum Gasteiger partial charge on any atom is -0.456 e. The fourth-order valence-corrected chi connectivity index (χ4v) is 12.4. The van der Waals surface area contributed by atoms with Crippen LogP contribution in [0.5, 0.6) is 0 Å². The molecule has 0 amide bonds. The number of fused-ring (bicyclic) bond motifs is 9. The van der Waals surface area contributed by atoms with E-state index in [0.29, 0.717) is 0 Å². The molecule has 362 valence electrons. The zero-order chi connectivity index (χ0) is 50.4. The molecule has 1 saturated carbocycles. The predicted molar refractivity (Wildman–Crippen MR) is 307 cm³/mol. The van der Waals surface area contributed by atoms with Gasteiger partial charge in [-0.2, -0.15) is 0 Å². The molecule has 8 aromatic rings. The molecule has 0 bridgehead atoms. The van der Waals surface area contributed by atoms with E-state index in [-0.39, 0.29) is 39.2 Å². The van der Waals surface area contributed by atoms with Gasteiger partial charge >= 0.3 is 0 Å². The molecule has 4 heteroatoms. The molecule has 0 saturated heterocycles. The van der Waals surface area contributed by atoms with E-state index in [9.17, 15) is 0 Å². The lowest BCUT2D eigenvalue weighted by Crippen LogP contribution is -2.64. The number of furan rings is 1. The number of rotatable bonds is 4. The summed E-state index contributed by atoms with van der Waals surface area (Å²) in [5.41, 5.74) is 23.1. The van der Waals surface area contributed by atoms with E-state index in [1.54, 1.807) is 0 Å². The highest BCUT2D eigenvalue weighted by molar-refractivity contribution is 6.99. The second kappa shape index (κ2) is 16.0. The molecule has 3 aliphatic rings. The minimum absolute atomic E-state index is 0.0187. The van der Waals surface area contributed by atoms with Crippen molar-refractivity contribution in [3.05, 3.63) is 172 Å². The van der Waals surface area contributed by atoms with E-state index < -0.39 is 0 Å². The van der Waals surface area contributed by atoms with Crippen LogP contribution in [0.4, 0.5) is 34.1 Å². The van der Waals surface area contributed by atoms with Gasteiger partial charge in [-0.3, -0.25) is 0 Å². The molecule has 71 heavy (non-hydrogen) atoms. The van der Waals surface area contributed by atoms with Crippen LogP contribution in [0.15, 0.2) is 138 Å². The first-order valence-corrected chi connectivity index (χ1v) is 26.6. The summed E-state index contributed by atoms with van der Waals surface area (Å²) in [6, 6.07) is 52.3. The number of benzene rings is 7. The van der Waals surface area contributed by atoms with Crippen LogP contribution in [-0.4, -0.2) is 6.71 Å². The molecule has 1 aliphatic carbocycles. The third-order valence-electron chi connectivity index (χ3n) is 16.7. The van der Waals surface area contributed by atoms with Crippen LogP contribution in [0.25, 0.3) is 21.9 Å². The summed E-state index contributed by atoms with van der Waals surface area (Å²) >= 11 is 0. The van der Waals surface area contributed by atoms with Crippen LogP contribution in [0.1, 0.15) is 168 Å². The summed E-state index contributed by atoms with van der Waals surface area (Å²) in [6.45, 7) is 34.9. The van der Waals surface area contributed by atoms with Crippen LogP contribution in [0, 0.1) is 0 Å². The van der Waals surface area contributed by atoms with E-state index in [0.717, 1.165) is 41.1 Å². The van der Waals surface area contributed by atoms with E-state index in [1.807, 2.05) is 0 Å². The van der Waals surface area contributed by atoms with Crippen molar-refractivity contribution >= 4 is 79.2 Å². The summed E-state index contributed by atoms with van der Waals surface area (Å²) in [6.07, 6.45) is 4.73. The second-order valence-corrected chi connectivity index (χ2v) is 26.7. The monoisotopic (exact) mass is 935 g/mol. The summed E-state index contributed by atoms with van der Waals surface area (Å²) in [7, 11) is 0. The fraction of sp³-hybridized carbons (Fsp3) is 0.373. The highest BCUT2D eigenvalue weighted by Crippen LogP contribution is 2.53. The summed E-state index contributed by atoms with van der Waals surface area (Å²) < 4.78 is 7.21. The van der Waals surface area contributed by atoms with Gasteiger partial charge in [0.05, 0.1) is 0 Å². The molecule has 11 rings (SSSR count). The van der Waals surface area contributed by atoms with Gasteiger partial charge in [-0.1, -0.05) is 177 Å². The first kappa shape index (κ1) is 47.3. The highest BCUT2D eigenvalue weighted by Gasteiger charge is 2.51. The highest BCUT2D eigenvalue weighted by atomic mass is 16.3. The lowest BCUT2D eigenvalue weighted by atomic mass is 9.29. The van der Waals surface area contributed by atoms with Gasteiger partial charge < -0.3 is 14.2 Å². The molecule has 0 radical (unpaired) electrons. The molecule has 0 unspecified atom stereocenters. The first-order chi connectivity index (χ1) is 33.3. The van der Waals surface area contributed by atoms with Gasteiger partial charge in [-0.15, -0.1) is 0 Å². The third kappa shape index (κ3) is 7.85. The van der Waals surface area contributed by atoms with Crippen molar-refractivity contribution < 1.29 is 4.42 Å². The third-order valence-corrected chi connectivity index (χ3v) is 16.7. The van der Waals surface area contributed by atoms with Crippen molar-refractivity contribution in [2.24, 2.45) is 0 Å². The Labute approximate surface area is 425 Å². The lowest BCUT2D eigenvalue weighted by Gasteiger charge is -2.47. The summed E-state index contributed by atoms with van der Waals surface area (Å²) in [5.74, 6) is 0. The lowest BCUT2D eigenvalue weighted by molar-refractivity contribution is 0.533. The molecular formula is C67H75BN2O. The van der Waals surface area contributed by atoms with Crippen molar-refractivity contribution in [3.63, 3.8) is 0 Å². The number of nitrogens with zero attached hydrogens (tertiary/aromatic N) is 2. The summed E-state index contributed by atoms with van der Waals surface area (Å²) in [4.78, 5) is 5.01. The van der Waals surface area contributed by atoms with E-state index in [2.05, 4.69) is 247 Å². The van der Waals surface area contributed by atoms with Crippen LogP contribution in [0.3, 0.4) is 0 Å². The van der Waals surface area contributed by atoms with E-state index >= 15 is 0 Å². The second-order valence-electron chi connectivity index (χ2n) is 26.7. The normalized spacial score (nSPS) is 15.6. The maximum atomic E-state index is 7.21. The van der Waals surface area contributed by atoms with E-state index in [1.165, 1.54) is 96.0 Å². The van der Waals surface area contributed by atoms with Gasteiger partial charge in [0.2, 0.25) is 6.71 Å². The van der Waals surface area contributed by atoms with Crippen molar-refractivity contribution in [3.8, 4) is 0 Å². The molecule has 0 N–H and O–H groups in total. The van der Waals surface area contributed by atoms with Gasteiger partial charge in [0.25, 0.3) is 0 Å². The van der Waals surface area contributed by atoms with Crippen molar-refractivity contribution in [1.82, 2.24) is 0 Å².